The summed E-state index contributed by atoms with van der Waals surface area (Å²) in [5.74, 6) is 0.0339. The first kappa shape index (κ1) is 12.2. The number of benzene rings is 1. The lowest BCUT2D eigenvalue weighted by Gasteiger charge is -2.14. The maximum absolute atomic E-state index is 12.4. The van der Waals surface area contributed by atoms with E-state index in [0.29, 0.717) is 5.13 Å². The van der Waals surface area contributed by atoms with Gasteiger partial charge in [0.25, 0.3) is 0 Å². The van der Waals surface area contributed by atoms with Crippen LogP contribution >= 0.6 is 11.3 Å². The number of thiazole rings is 1. The summed E-state index contributed by atoms with van der Waals surface area (Å²) in [6.07, 6.45) is 3.53. The van der Waals surface area contributed by atoms with Gasteiger partial charge in [0.2, 0.25) is 5.91 Å². The van der Waals surface area contributed by atoms with E-state index in [1.165, 1.54) is 11.3 Å². The lowest BCUT2D eigenvalue weighted by molar-refractivity contribution is -0.118. The molecule has 0 unspecified atom stereocenters. The van der Waals surface area contributed by atoms with Gasteiger partial charge in [-0.05, 0) is 37.5 Å². The van der Waals surface area contributed by atoms with E-state index in [0.717, 1.165) is 29.0 Å². The average Bonchev–Trinajstić information content (AvgIpc) is 3.10. The SMILES string of the molecule is Cc1cnc(NC(=O)C2(c3ccc(N)cc3)CC2)s1. The topological polar surface area (TPSA) is 68.0 Å². The summed E-state index contributed by atoms with van der Waals surface area (Å²) in [5.41, 5.74) is 7.05. The second-order valence-corrected chi connectivity index (χ2v) is 6.17. The highest BCUT2D eigenvalue weighted by Crippen LogP contribution is 2.49. The molecular weight excluding hydrogens is 258 g/mol. The van der Waals surface area contributed by atoms with E-state index in [2.05, 4.69) is 10.3 Å². The Hall–Kier alpha value is -1.88. The van der Waals surface area contributed by atoms with Crippen LogP contribution in [0.5, 0.6) is 0 Å². The summed E-state index contributed by atoms with van der Waals surface area (Å²) in [5, 5.41) is 3.59. The Kier molecular flexibility index (Phi) is 2.78. The van der Waals surface area contributed by atoms with Gasteiger partial charge in [0, 0.05) is 16.8 Å². The first-order valence-electron chi connectivity index (χ1n) is 6.20. The van der Waals surface area contributed by atoms with Crippen molar-refractivity contribution in [2.45, 2.75) is 25.2 Å². The Labute approximate surface area is 115 Å². The molecular formula is C14H15N3OS. The first-order valence-corrected chi connectivity index (χ1v) is 7.02. The Balaban J connectivity index is 1.81. The molecule has 1 saturated carbocycles. The van der Waals surface area contributed by atoms with Crippen LogP contribution in [0.2, 0.25) is 0 Å². The van der Waals surface area contributed by atoms with E-state index in [-0.39, 0.29) is 11.3 Å². The molecule has 98 valence electrons. The molecule has 0 radical (unpaired) electrons. The van der Waals surface area contributed by atoms with Crippen molar-refractivity contribution in [1.29, 1.82) is 0 Å². The van der Waals surface area contributed by atoms with Crippen molar-refractivity contribution in [2.24, 2.45) is 0 Å². The van der Waals surface area contributed by atoms with Crippen molar-refractivity contribution in [3.63, 3.8) is 0 Å². The number of anilines is 2. The monoisotopic (exact) mass is 273 g/mol. The molecule has 5 heteroatoms. The van der Waals surface area contributed by atoms with Gasteiger partial charge in [-0.25, -0.2) is 4.98 Å². The number of nitrogens with zero attached hydrogens (tertiary/aromatic N) is 1. The highest BCUT2D eigenvalue weighted by molar-refractivity contribution is 7.15. The molecule has 1 aromatic heterocycles. The predicted molar refractivity (Wildman–Crippen MR) is 77.2 cm³/mol. The van der Waals surface area contributed by atoms with Crippen molar-refractivity contribution in [3.05, 3.63) is 40.9 Å². The van der Waals surface area contributed by atoms with Crippen molar-refractivity contribution in [2.75, 3.05) is 11.1 Å². The molecule has 0 atom stereocenters. The zero-order chi connectivity index (χ0) is 13.5. The van der Waals surface area contributed by atoms with Crippen molar-refractivity contribution >= 4 is 28.1 Å². The fraction of sp³-hybridized carbons (Fsp3) is 0.286. The molecule has 0 bridgehead atoms. The minimum atomic E-state index is -0.382. The van der Waals surface area contributed by atoms with Crippen LogP contribution in [0.4, 0.5) is 10.8 Å². The number of nitrogen functional groups attached to an aromatic ring is 1. The third kappa shape index (κ3) is 2.21. The van der Waals surface area contributed by atoms with Crippen molar-refractivity contribution in [3.8, 4) is 0 Å². The minimum absolute atomic E-state index is 0.0339. The summed E-state index contributed by atoms with van der Waals surface area (Å²) in [6, 6.07) is 7.57. The Morgan fingerprint density at radius 1 is 1.37 bits per heavy atom. The van der Waals surface area contributed by atoms with Gasteiger partial charge in [-0.15, -0.1) is 11.3 Å². The van der Waals surface area contributed by atoms with Crippen molar-refractivity contribution in [1.82, 2.24) is 4.98 Å². The highest BCUT2D eigenvalue weighted by atomic mass is 32.1. The van der Waals surface area contributed by atoms with Crippen LogP contribution in [0.3, 0.4) is 0 Å². The van der Waals surface area contributed by atoms with Gasteiger partial charge in [-0.2, -0.15) is 0 Å². The summed E-state index contributed by atoms with van der Waals surface area (Å²) in [7, 11) is 0. The number of carbonyl (C=O) groups is 1. The van der Waals surface area contributed by atoms with Crippen LogP contribution in [0.15, 0.2) is 30.5 Å². The molecule has 2 aromatic rings. The fourth-order valence-corrected chi connectivity index (χ4v) is 2.86. The zero-order valence-corrected chi connectivity index (χ0v) is 11.5. The molecule has 3 N–H and O–H groups in total. The summed E-state index contributed by atoms with van der Waals surface area (Å²) >= 11 is 1.49. The number of amides is 1. The van der Waals surface area contributed by atoms with Gasteiger partial charge < -0.3 is 11.1 Å². The van der Waals surface area contributed by atoms with Gasteiger partial charge in [-0.3, -0.25) is 4.79 Å². The third-order valence-corrected chi connectivity index (χ3v) is 4.32. The largest absolute Gasteiger partial charge is 0.399 e. The molecule has 0 aliphatic heterocycles. The van der Waals surface area contributed by atoms with Crippen molar-refractivity contribution < 1.29 is 4.79 Å². The molecule has 3 rings (SSSR count). The standard InChI is InChI=1S/C14H15N3OS/c1-9-8-16-13(19-9)17-12(18)14(6-7-14)10-2-4-11(15)5-3-10/h2-5,8H,6-7,15H2,1H3,(H,16,17,18). The van der Waals surface area contributed by atoms with Gasteiger partial charge in [0.1, 0.15) is 0 Å². The first-order chi connectivity index (χ1) is 9.10. The maximum atomic E-state index is 12.4. The Bertz CT molecular complexity index is 614. The molecule has 19 heavy (non-hydrogen) atoms. The Morgan fingerprint density at radius 2 is 2.05 bits per heavy atom. The number of rotatable bonds is 3. The normalized spacial score (nSPS) is 16.1. The van der Waals surface area contributed by atoms with Crippen LogP contribution in [0.25, 0.3) is 0 Å². The van der Waals surface area contributed by atoms with Crippen LogP contribution in [-0.4, -0.2) is 10.9 Å². The van der Waals surface area contributed by atoms with Gasteiger partial charge >= 0.3 is 0 Å². The summed E-state index contributed by atoms with van der Waals surface area (Å²) < 4.78 is 0. The number of carbonyl (C=O) groups excluding carboxylic acids is 1. The summed E-state index contributed by atoms with van der Waals surface area (Å²) in [4.78, 5) is 17.7. The maximum Gasteiger partial charge on any atom is 0.236 e. The molecule has 1 aliphatic rings. The quantitative estimate of drug-likeness (QED) is 0.845. The van der Waals surface area contributed by atoms with Crippen LogP contribution in [0.1, 0.15) is 23.3 Å². The molecule has 0 saturated heterocycles. The minimum Gasteiger partial charge on any atom is -0.399 e. The molecule has 1 fully saturated rings. The van der Waals surface area contributed by atoms with Gasteiger partial charge in [0.15, 0.2) is 5.13 Å². The van der Waals surface area contributed by atoms with E-state index in [1.807, 2.05) is 31.2 Å². The molecule has 4 nitrogen and oxygen atoms in total. The van der Waals surface area contributed by atoms with E-state index < -0.39 is 0 Å². The number of nitrogens with two attached hydrogens (primary N) is 1. The number of nitrogens with one attached hydrogen (secondary N) is 1. The zero-order valence-electron chi connectivity index (χ0n) is 10.6. The number of aryl methyl sites for hydroxylation is 1. The molecule has 1 heterocycles. The number of hydrogen-bond donors (Lipinski definition) is 2. The predicted octanol–water partition coefficient (Wildman–Crippen LogP) is 2.70. The third-order valence-electron chi connectivity index (χ3n) is 3.49. The lowest BCUT2D eigenvalue weighted by Crippen LogP contribution is -2.27. The van der Waals surface area contributed by atoms with Gasteiger partial charge in [0.05, 0.1) is 5.41 Å². The van der Waals surface area contributed by atoms with E-state index >= 15 is 0 Å². The molecule has 0 spiro atoms. The number of hydrogen-bond acceptors (Lipinski definition) is 4. The highest BCUT2D eigenvalue weighted by Gasteiger charge is 2.51. The van der Waals surface area contributed by atoms with Gasteiger partial charge in [-0.1, -0.05) is 12.1 Å². The number of aromatic nitrogens is 1. The van der Waals surface area contributed by atoms with Crippen LogP contribution < -0.4 is 11.1 Å². The second-order valence-electron chi connectivity index (χ2n) is 4.93. The molecule has 1 aromatic carbocycles. The lowest BCUT2D eigenvalue weighted by atomic mass is 9.95. The smallest absolute Gasteiger partial charge is 0.236 e. The second kappa shape index (κ2) is 4.35. The van der Waals surface area contributed by atoms with Crippen LogP contribution in [-0.2, 0) is 10.2 Å². The van der Waals surface area contributed by atoms with E-state index in [9.17, 15) is 4.79 Å². The summed E-state index contributed by atoms with van der Waals surface area (Å²) in [6.45, 7) is 1.97. The van der Waals surface area contributed by atoms with E-state index in [1.54, 1.807) is 6.20 Å². The fourth-order valence-electron chi connectivity index (χ4n) is 2.20. The molecule has 1 aliphatic carbocycles. The average molecular weight is 273 g/mol. The van der Waals surface area contributed by atoms with E-state index in [4.69, 9.17) is 5.73 Å². The van der Waals surface area contributed by atoms with Crippen LogP contribution in [0, 0.1) is 6.92 Å². The Morgan fingerprint density at radius 3 is 2.58 bits per heavy atom. The molecule has 1 amide bonds.